The summed E-state index contributed by atoms with van der Waals surface area (Å²) in [7, 11) is 6.23. The molecule has 2 aliphatic heterocycles. The number of aliphatic hydroxyl groups excluding tert-OH is 3. The van der Waals surface area contributed by atoms with Gasteiger partial charge in [0.05, 0.1) is 60.6 Å². The number of ketones is 2. The van der Waals surface area contributed by atoms with Gasteiger partial charge in [-0.05, 0) is 60.3 Å². The van der Waals surface area contributed by atoms with Crippen LogP contribution in [0.15, 0.2) is 60.1 Å². The number of methoxy groups -OCH3 is 2. The molecule has 3 heterocycles. The van der Waals surface area contributed by atoms with Gasteiger partial charge in [-0.15, -0.1) is 11.3 Å². The number of benzene rings is 2. The normalized spacial score (nSPS) is 20.8. The van der Waals surface area contributed by atoms with Crippen LogP contribution in [0.4, 0.5) is 10.5 Å². The first-order valence-electron chi connectivity index (χ1n) is 29.3. The topological polar surface area (TPSA) is 305 Å². The highest BCUT2D eigenvalue weighted by Crippen LogP contribution is 2.35. The van der Waals surface area contributed by atoms with Crippen molar-refractivity contribution in [2.75, 3.05) is 59.9 Å². The van der Waals surface area contributed by atoms with Crippen molar-refractivity contribution in [3.63, 3.8) is 0 Å². The highest BCUT2D eigenvalue weighted by molar-refractivity contribution is 7.09. The molecule has 7 N–H and O–H groups in total. The first-order chi connectivity index (χ1) is 40.5. The molecule has 3 aromatic rings. The fraction of sp³-hybridized carbons (Fsp3) is 0.639. The molecule has 24 heteroatoms. The van der Waals surface area contributed by atoms with Crippen LogP contribution in [-0.4, -0.2) is 191 Å². The van der Waals surface area contributed by atoms with Crippen LogP contribution in [0.2, 0.25) is 0 Å². The van der Waals surface area contributed by atoms with Crippen LogP contribution >= 0.6 is 11.3 Å². The molecule has 0 bridgehead atoms. The number of amides is 5. The maximum absolute atomic E-state index is 14.9. The van der Waals surface area contributed by atoms with Gasteiger partial charge in [-0.3, -0.25) is 28.8 Å². The highest BCUT2D eigenvalue weighted by Gasteiger charge is 2.44. The van der Waals surface area contributed by atoms with Gasteiger partial charge in [-0.25, -0.2) is 9.78 Å². The summed E-state index contributed by atoms with van der Waals surface area (Å²) in [5.74, 6) is -4.37. The van der Waals surface area contributed by atoms with Crippen LogP contribution < -0.4 is 20.9 Å². The molecule has 1 aromatic heterocycles. The van der Waals surface area contributed by atoms with Crippen molar-refractivity contribution in [1.29, 1.82) is 0 Å². The van der Waals surface area contributed by atoms with Crippen molar-refractivity contribution in [3.8, 4) is 5.75 Å². The van der Waals surface area contributed by atoms with Gasteiger partial charge in [0, 0.05) is 90.0 Å². The molecule has 2 saturated heterocycles. The Morgan fingerprint density at radius 2 is 1.58 bits per heavy atom. The average Bonchev–Trinajstić information content (AvgIpc) is 4.43. The molecule has 2 aromatic carbocycles. The van der Waals surface area contributed by atoms with Crippen molar-refractivity contribution < 1.29 is 77.8 Å². The van der Waals surface area contributed by atoms with Gasteiger partial charge in [-0.1, -0.05) is 91.3 Å². The van der Waals surface area contributed by atoms with Crippen molar-refractivity contribution >= 4 is 58.3 Å². The fourth-order valence-electron chi connectivity index (χ4n) is 11.5. The summed E-state index contributed by atoms with van der Waals surface area (Å²) in [5, 5.41) is 47.5. The van der Waals surface area contributed by atoms with Crippen molar-refractivity contribution in [3.05, 3.63) is 76.2 Å². The molecule has 85 heavy (non-hydrogen) atoms. The number of hydroxylamine groups is 1. The first-order valence-corrected chi connectivity index (χ1v) is 30.2. The summed E-state index contributed by atoms with van der Waals surface area (Å²) in [6.07, 6.45) is -4.01. The van der Waals surface area contributed by atoms with E-state index >= 15 is 0 Å². The number of likely N-dealkylation sites (tertiary alicyclic amines) is 1. The minimum atomic E-state index is -1.66. The molecule has 4 unspecified atom stereocenters. The molecule has 472 valence electrons. The summed E-state index contributed by atoms with van der Waals surface area (Å²) in [6.45, 7) is 12.4. The third-order valence-electron chi connectivity index (χ3n) is 16.4. The van der Waals surface area contributed by atoms with E-state index in [1.807, 2.05) is 75.2 Å². The van der Waals surface area contributed by atoms with Crippen LogP contribution in [0.5, 0.6) is 5.75 Å². The fourth-order valence-corrected chi connectivity index (χ4v) is 12.2. The largest absolute Gasteiger partial charge is 0.460 e. The van der Waals surface area contributed by atoms with Crippen molar-refractivity contribution in [2.24, 2.45) is 29.6 Å². The van der Waals surface area contributed by atoms with Gasteiger partial charge in [0.25, 0.3) is 0 Å². The Labute approximate surface area is 503 Å². The molecule has 0 saturated carbocycles. The summed E-state index contributed by atoms with van der Waals surface area (Å²) < 4.78 is 29.2. The van der Waals surface area contributed by atoms with E-state index in [9.17, 15) is 48.9 Å². The lowest BCUT2D eigenvalue weighted by molar-refractivity contribution is -0.241. The molecular formula is C61H91N7O16S. The van der Waals surface area contributed by atoms with Gasteiger partial charge >= 0.3 is 6.09 Å². The molecule has 0 spiro atoms. The summed E-state index contributed by atoms with van der Waals surface area (Å²) in [4.78, 5) is 106. The number of hydrogen-bond donors (Lipinski definition) is 7. The number of hydrogen-bond acceptors (Lipinski definition) is 19. The lowest BCUT2D eigenvalue weighted by atomic mass is 9.83. The summed E-state index contributed by atoms with van der Waals surface area (Å²) in [6, 6.07) is 12.4. The zero-order valence-corrected chi connectivity index (χ0v) is 51.8. The summed E-state index contributed by atoms with van der Waals surface area (Å²) >= 11 is 1.53. The number of rotatable bonds is 33. The van der Waals surface area contributed by atoms with Gasteiger partial charge in [-0.2, -0.15) is 5.48 Å². The van der Waals surface area contributed by atoms with E-state index in [1.165, 1.54) is 48.6 Å². The Hall–Kier alpha value is -5.96. The number of carbonyl (C=O) groups excluding carboxylic acids is 7. The zero-order chi connectivity index (χ0) is 62.7. The average molecular weight is 1210 g/mol. The van der Waals surface area contributed by atoms with Gasteiger partial charge < -0.3 is 69.5 Å². The van der Waals surface area contributed by atoms with E-state index < -0.39 is 84.6 Å². The van der Waals surface area contributed by atoms with E-state index in [4.69, 9.17) is 28.9 Å². The first kappa shape index (κ1) is 69.8. The number of aliphatic hydroxyl groups is 3. The molecule has 13 atom stereocenters. The monoisotopic (exact) mass is 1210 g/mol. The third kappa shape index (κ3) is 19.3. The lowest BCUT2D eigenvalue weighted by Crippen LogP contribution is -2.54. The predicted octanol–water partition coefficient (Wildman–Crippen LogP) is 5.11. The maximum atomic E-state index is 14.9. The van der Waals surface area contributed by atoms with E-state index in [0.29, 0.717) is 31.4 Å². The Bertz CT molecular complexity index is 2630. The Morgan fingerprint density at radius 3 is 2.20 bits per heavy atom. The number of likely N-dealkylation sites (N-methyl/N-ethyl adjacent to an activating group) is 2. The van der Waals surface area contributed by atoms with Crippen LogP contribution in [0.25, 0.3) is 0 Å². The van der Waals surface area contributed by atoms with Crippen LogP contribution in [0, 0.1) is 29.6 Å². The van der Waals surface area contributed by atoms with E-state index in [1.54, 1.807) is 44.6 Å². The number of aromatic nitrogens is 1. The maximum Gasteiger partial charge on any atom is 0.410 e. The molecule has 0 aliphatic carbocycles. The number of ether oxygens (including phenoxy) is 5. The lowest BCUT2D eigenvalue weighted by Gasteiger charge is -2.41. The smallest absolute Gasteiger partial charge is 0.410 e. The number of nitrogens with one attached hydrogen (secondary N) is 3. The van der Waals surface area contributed by atoms with E-state index in [-0.39, 0.29) is 111 Å². The Balaban J connectivity index is 1.26. The number of thiazole rings is 1. The second-order valence-electron chi connectivity index (χ2n) is 23.1. The van der Waals surface area contributed by atoms with Crippen molar-refractivity contribution in [1.82, 2.24) is 30.5 Å². The van der Waals surface area contributed by atoms with Gasteiger partial charge in [0.1, 0.15) is 36.5 Å². The molecule has 2 aliphatic rings. The highest BCUT2D eigenvalue weighted by atomic mass is 32.1. The van der Waals surface area contributed by atoms with Gasteiger partial charge in [0.15, 0.2) is 5.78 Å². The van der Waals surface area contributed by atoms with E-state index in [0.717, 1.165) is 17.0 Å². The zero-order valence-electron chi connectivity index (χ0n) is 51.0. The van der Waals surface area contributed by atoms with E-state index in [2.05, 4.69) is 15.6 Å². The Morgan fingerprint density at radius 1 is 0.859 bits per heavy atom. The minimum absolute atomic E-state index is 0.0201. The molecule has 0 radical (unpaired) electrons. The molecule has 5 rings (SSSR count). The van der Waals surface area contributed by atoms with Crippen LogP contribution in [0.1, 0.15) is 115 Å². The molecule has 2 fully saturated rings. The standard InChI is InChI=1S/C61H91N7O16S/c1-12-37(6)54(49(80-10)31-52(74)68-25-16-19-44(68)57(81-11)38(7)45(69)29-41(58-63-24-26-85-58)27-39-17-14-13-15-18-39)66(8)59(77)42(35(2)3)30-46(70)53(36(4)5)67(9)61(78)83-33-40-20-21-48(84-60-56(76)55(75)47(71)34-82-60)43(28-40)65-50(72)22-23-62-51(73)32-64-79/h13-15,17-18,20-21,24,26,28,35-38,41-42,44,47,49,53-57,60,64,71,75-76,79H,12,16,19,22-23,25,27,29-34H2,1-11H3,(H,62,73)(H,65,72)/t37?,38-,41?,42?,44-,47+,49+,53-,54-,55-,56?,57+,60-/m0/s1. The molecular weight excluding hydrogens is 1120 g/mol. The Kier molecular flexibility index (Phi) is 27.8. The van der Waals surface area contributed by atoms with Gasteiger partial charge in [0.2, 0.25) is 29.9 Å². The number of nitrogens with zero attached hydrogens (tertiary/aromatic N) is 4. The number of carbonyl (C=O) groups is 7. The van der Waals surface area contributed by atoms with Crippen LogP contribution in [0.3, 0.4) is 0 Å². The number of Topliss-reactive ketones (excluding diaryl/α,β-unsaturated/α-hetero) is 2. The van der Waals surface area contributed by atoms with Crippen LogP contribution in [-0.2, 0) is 60.7 Å². The second kappa shape index (κ2) is 33.8. The second-order valence-corrected chi connectivity index (χ2v) is 24.0. The summed E-state index contributed by atoms with van der Waals surface area (Å²) in [5.41, 5.74) is 3.23. The SMILES string of the molecule is CCC(C)[C@@H]([C@@H](CC(=O)N1CCC[C@H]1[C@H](OC)[C@@H](C)C(=O)CC(Cc1ccccc1)c1nccs1)OC)N(C)C(=O)C(CC(=O)[C@H](C(C)C)N(C)C(=O)OCc1ccc(O[C@@H]2OC[C@@H](O)[C@H](O)C2O)c(NC(=O)CCNC(=O)CNO)c1)C(C)C. The molecule has 23 nitrogen and oxygen atoms in total. The quantitative estimate of drug-likeness (QED) is 0.0390. The minimum Gasteiger partial charge on any atom is -0.460 e. The molecule has 5 amide bonds. The third-order valence-corrected chi connectivity index (χ3v) is 17.4. The van der Waals surface area contributed by atoms with Crippen molar-refractivity contribution in [2.45, 2.75) is 167 Å². The number of anilines is 1. The predicted molar refractivity (Wildman–Crippen MR) is 316 cm³/mol.